The van der Waals surface area contributed by atoms with Crippen molar-refractivity contribution in [2.24, 2.45) is 0 Å². The average molecular weight is 279 g/mol. The summed E-state index contributed by atoms with van der Waals surface area (Å²) in [6, 6.07) is 11.1. The Bertz CT molecular complexity index is 489. The van der Waals surface area contributed by atoms with Crippen LogP contribution in [0.5, 0.6) is 0 Å². The van der Waals surface area contributed by atoms with Crippen molar-refractivity contribution in [3.05, 3.63) is 35.2 Å². The third kappa shape index (κ3) is 3.34. The highest BCUT2D eigenvalue weighted by molar-refractivity contribution is 7.19. The smallest absolute Gasteiger partial charge is 0.171 e. The molecule has 0 saturated carbocycles. The van der Waals surface area contributed by atoms with Crippen molar-refractivity contribution < 1.29 is 9.47 Å². The summed E-state index contributed by atoms with van der Waals surface area (Å²) >= 11 is 1.83. The minimum Gasteiger partial charge on any atom is -0.354 e. The first-order valence-corrected chi connectivity index (χ1v) is 7.27. The van der Waals surface area contributed by atoms with Crippen molar-refractivity contribution in [1.29, 1.82) is 0 Å². The molecule has 0 fully saturated rings. The molecular weight excluding hydrogens is 258 g/mol. The van der Waals surface area contributed by atoms with Gasteiger partial charge in [0.05, 0.1) is 6.04 Å². The van der Waals surface area contributed by atoms with Crippen LogP contribution in [0.25, 0.3) is 10.1 Å². The Morgan fingerprint density at radius 2 is 1.79 bits per heavy atom. The predicted molar refractivity (Wildman–Crippen MR) is 80.6 cm³/mol. The fourth-order valence-corrected chi connectivity index (χ4v) is 3.35. The summed E-state index contributed by atoms with van der Waals surface area (Å²) in [4.78, 5) is 1.33. The van der Waals surface area contributed by atoms with E-state index in [0.29, 0.717) is 0 Å². The standard InChI is InChI=1S/C15H21NO2S/c1-10(16-11(2)15(17-3)18-4)14-9-12-7-5-6-8-13(12)19-14/h5-11,15-16H,1-4H3. The zero-order valence-corrected chi connectivity index (χ0v) is 12.7. The highest BCUT2D eigenvalue weighted by Crippen LogP contribution is 2.29. The van der Waals surface area contributed by atoms with Crippen LogP contribution in [0.15, 0.2) is 30.3 Å². The molecule has 2 rings (SSSR count). The second-order valence-electron chi connectivity index (χ2n) is 4.70. The summed E-state index contributed by atoms with van der Waals surface area (Å²) in [5.41, 5.74) is 0. The number of rotatable bonds is 6. The van der Waals surface area contributed by atoms with Gasteiger partial charge in [-0.25, -0.2) is 0 Å². The van der Waals surface area contributed by atoms with E-state index < -0.39 is 0 Å². The fraction of sp³-hybridized carbons (Fsp3) is 0.467. The molecule has 1 N–H and O–H groups in total. The van der Waals surface area contributed by atoms with Crippen LogP contribution >= 0.6 is 11.3 Å². The Balaban J connectivity index is 2.08. The lowest BCUT2D eigenvalue weighted by Gasteiger charge is -2.25. The molecule has 104 valence electrons. The lowest BCUT2D eigenvalue weighted by molar-refractivity contribution is -0.120. The molecule has 2 atom stereocenters. The number of methoxy groups -OCH3 is 2. The van der Waals surface area contributed by atoms with Gasteiger partial charge in [0.2, 0.25) is 0 Å². The second-order valence-corrected chi connectivity index (χ2v) is 5.82. The van der Waals surface area contributed by atoms with Gasteiger partial charge in [-0.15, -0.1) is 11.3 Å². The van der Waals surface area contributed by atoms with E-state index in [9.17, 15) is 0 Å². The van der Waals surface area contributed by atoms with Crippen molar-refractivity contribution in [2.75, 3.05) is 14.2 Å². The number of benzene rings is 1. The van der Waals surface area contributed by atoms with Gasteiger partial charge in [0.25, 0.3) is 0 Å². The molecule has 0 aliphatic carbocycles. The van der Waals surface area contributed by atoms with Gasteiger partial charge in [0.1, 0.15) is 0 Å². The molecule has 1 aromatic heterocycles. The maximum Gasteiger partial charge on any atom is 0.171 e. The quantitative estimate of drug-likeness (QED) is 0.820. The van der Waals surface area contributed by atoms with Gasteiger partial charge >= 0.3 is 0 Å². The van der Waals surface area contributed by atoms with E-state index in [0.717, 1.165) is 0 Å². The van der Waals surface area contributed by atoms with Gasteiger partial charge in [-0.3, -0.25) is 0 Å². The normalized spacial score (nSPS) is 15.0. The first-order valence-electron chi connectivity index (χ1n) is 6.45. The summed E-state index contributed by atoms with van der Waals surface area (Å²) in [6.45, 7) is 4.24. The number of ether oxygens (including phenoxy) is 2. The van der Waals surface area contributed by atoms with Crippen molar-refractivity contribution >= 4 is 21.4 Å². The third-order valence-corrected chi connectivity index (χ3v) is 4.56. The fourth-order valence-electron chi connectivity index (χ4n) is 2.28. The molecule has 0 saturated heterocycles. The van der Waals surface area contributed by atoms with Gasteiger partial charge < -0.3 is 14.8 Å². The first-order chi connectivity index (χ1) is 9.15. The average Bonchev–Trinajstić information content (AvgIpc) is 2.84. The molecule has 0 aliphatic rings. The minimum absolute atomic E-state index is 0.134. The Labute approximate surface area is 118 Å². The molecular formula is C15H21NO2S. The molecule has 0 bridgehead atoms. The van der Waals surface area contributed by atoms with Gasteiger partial charge in [-0.2, -0.15) is 0 Å². The molecule has 3 nitrogen and oxygen atoms in total. The Hall–Kier alpha value is -0.940. The number of thiophene rings is 1. The zero-order valence-electron chi connectivity index (χ0n) is 11.8. The van der Waals surface area contributed by atoms with Crippen molar-refractivity contribution in [2.45, 2.75) is 32.2 Å². The molecule has 4 heteroatoms. The summed E-state index contributed by atoms with van der Waals surface area (Å²) in [7, 11) is 3.33. The maximum atomic E-state index is 5.28. The van der Waals surface area contributed by atoms with Crippen LogP contribution in [-0.2, 0) is 9.47 Å². The molecule has 0 aliphatic heterocycles. The molecule has 1 aromatic carbocycles. The monoisotopic (exact) mass is 279 g/mol. The summed E-state index contributed by atoms with van der Waals surface area (Å²) < 4.78 is 11.9. The van der Waals surface area contributed by atoms with Crippen molar-refractivity contribution in [3.8, 4) is 0 Å². The Morgan fingerprint density at radius 1 is 1.11 bits per heavy atom. The van der Waals surface area contributed by atoms with E-state index in [4.69, 9.17) is 9.47 Å². The predicted octanol–water partition coefficient (Wildman–Crippen LogP) is 3.56. The Kier molecular flexibility index (Phi) is 4.93. The zero-order chi connectivity index (χ0) is 13.8. The summed E-state index contributed by atoms with van der Waals surface area (Å²) in [6.07, 6.45) is -0.225. The lowest BCUT2D eigenvalue weighted by atomic mass is 10.2. The van der Waals surface area contributed by atoms with Crippen LogP contribution in [0.4, 0.5) is 0 Å². The largest absolute Gasteiger partial charge is 0.354 e. The van der Waals surface area contributed by atoms with Crippen molar-refractivity contribution in [1.82, 2.24) is 5.32 Å². The molecule has 2 aromatic rings. The molecule has 2 unspecified atom stereocenters. The lowest BCUT2D eigenvalue weighted by Crippen LogP contribution is -2.40. The summed E-state index contributed by atoms with van der Waals surface area (Å²) in [5.74, 6) is 0. The van der Waals surface area contributed by atoms with E-state index in [1.165, 1.54) is 15.0 Å². The van der Waals surface area contributed by atoms with E-state index in [1.54, 1.807) is 14.2 Å². The third-order valence-electron chi connectivity index (χ3n) is 3.26. The molecule has 0 amide bonds. The second kappa shape index (κ2) is 6.48. The topological polar surface area (TPSA) is 30.5 Å². The van der Waals surface area contributed by atoms with Gasteiger partial charge in [0, 0.05) is 29.8 Å². The van der Waals surface area contributed by atoms with Gasteiger partial charge in [-0.1, -0.05) is 18.2 Å². The van der Waals surface area contributed by atoms with Crippen LogP contribution in [0, 0.1) is 0 Å². The number of hydrogen-bond donors (Lipinski definition) is 1. The van der Waals surface area contributed by atoms with Crippen LogP contribution in [0.2, 0.25) is 0 Å². The Morgan fingerprint density at radius 3 is 2.42 bits per heavy atom. The van der Waals surface area contributed by atoms with E-state index in [1.807, 2.05) is 11.3 Å². The molecule has 19 heavy (non-hydrogen) atoms. The highest BCUT2D eigenvalue weighted by Gasteiger charge is 2.19. The van der Waals surface area contributed by atoms with Gasteiger partial charge in [-0.05, 0) is 31.4 Å². The summed E-state index contributed by atoms with van der Waals surface area (Å²) in [5, 5.41) is 4.82. The first kappa shape index (κ1) is 14.5. The van der Waals surface area contributed by atoms with Crippen molar-refractivity contribution in [3.63, 3.8) is 0 Å². The molecule has 0 radical (unpaired) electrons. The molecule has 0 spiro atoms. The molecule has 1 heterocycles. The van der Waals surface area contributed by atoms with Crippen LogP contribution in [0.3, 0.4) is 0 Å². The van der Waals surface area contributed by atoms with E-state index >= 15 is 0 Å². The number of nitrogens with one attached hydrogen (secondary N) is 1. The SMILES string of the molecule is COC(OC)C(C)NC(C)c1cc2ccccc2s1. The van der Waals surface area contributed by atoms with Crippen LogP contribution in [-0.4, -0.2) is 26.6 Å². The number of fused-ring (bicyclic) bond motifs is 1. The minimum atomic E-state index is -0.225. The van der Waals surface area contributed by atoms with E-state index in [2.05, 4.69) is 49.5 Å². The van der Waals surface area contributed by atoms with Crippen LogP contribution in [0.1, 0.15) is 24.8 Å². The van der Waals surface area contributed by atoms with E-state index in [-0.39, 0.29) is 18.4 Å². The number of hydrogen-bond acceptors (Lipinski definition) is 4. The highest BCUT2D eigenvalue weighted by atomic mass is 32.1. The van der Waals surface area contributed by atoms with Crippen LogP contribution < -0.4 is 5.32 Å². The van der Waals surface area contributed by atoms with Gasteiger partial charge in [0.15, 0.2) is 6.29 Å². The maximum absolute atomic E-state index is 5.28.